The second-order valence-electron chi connectivity index (χ2n) is 11.6. The van der Waals surface area contributed by atoms with Crippen LogP contribution in [0.15, 0.2) is 66.7 Å². The fourth-order valence-corrected chi connectivity index (χ4v) is 5.43. The van der Waals surface area contributed by atoms with E-state index in [-0.39, 0.29) is 12.5 Å². The number of carbonyl (C=O) groups excluding carboxylic acids is 1. The molecule has 4 aromatic rings. The molecule has 246 valence electrons. The first-order valence-electron chi connectivity index (χ1n) is 15.5. The molecule has 6 N–H and O–H groups in total. The number of nitrogens with one attached hydrogen (secondary N) is 2. The third-order valence-corrected chi connectivity index (χ3v) is 7.98. The van der Waals surface area contributed by atoms with Gasteiger partial charge in [0.2, 0.25) is 5.95 Å². The molecule has 0 radical (unpaired) electrons. The van der Waals surface area contributed by atoms with Crippen molar-refractivity contribution in [3.05, 3.63) is 77.9 Å². The van der Waals surface area contributed by atoms with E-state index in [9.17, 15) is 25.2 Å². The molecule has 2 heterocycles. The van der Waals surface area contributed by atoms with Crippen molar-refractivity contribution in [2.45, 2.75) is 43.9 Å². The van der Waals surface area contributed by atoms with Gasteiger partial charge in [0.25, 0.3) is 5.91 Å². The zero-order chi connectivity index (χ0) is 32.6. The van der Waals surface area contributed by atoms with E-state index in [2.05, 4.69) is 10.6 Å². The molecule has 0 aliphatic carbocycles. The first-order chi connectivity index (χ1) is 22.3. The predicted molar refractivity (Wildman–Crippen MR) is 175 cm³/mol. The van der Waals surface area contributed by atoms with E-state index >= 15 is 0 Å². The Morgan fingerprint density at radius 1 is 1.02 bits per heavy atom. The van der Waals surface area contributed by atoms with E-state index in [1.807, 2.05) is 73.6 Å². The lowest BCUT2D eigenvalue weighted by molar-refractivity contribution is -0.0499. The van der Waals surface area contributed by atoms with Crippen LogP contribution in [0, 0.1) is 0 Å². The number of amides is 1. The van der Waals surface area contributed by atoms with Crippen LogP contribution in [-0.4, -0.2) is 106 Å². The molecule has 12 heteroatoms. The summed E-state index contributed by atoms with van der Waals surface area (Å²) in [5.41, 5.74) is 4.63. The van der Waals surface area contributed by atoms with Crippen LogP contribution in [0.25, 0.3) is 22.2 Å². The summed E-state index contributed by atoms with van der Waals surface area (Å²) in [4.78, 5) is 19.3. The maximum absolute atomic E-state index is 12.6. The largest absolute Gasteiger partial charge is 0.493 e. The van der Waals surface area contributed by atoms with Gasteiger partial charge in [0.15, 0.2) is 6.23 Å². The minimum Gasteiger partial charge on any atom is -0.493 e. The number of benzene rings is 3. The number of aromatic nitrogens is 2. The number of imidazole rings is 1. The van der Waals surface area contributed by atoms with Gasteiger partial charge in [-0.15, -0.1) is 0 Å². The fraction of sp³-hybridized carbons (Fsp3) is 0.412. The van der Waals surface area contributed by atoms with E-state index in [1.165, 1.54) is 0 Å². The van der Waals surface area contributed by atoms with Crippen molar-refractivity contribution in [1.29, 1.82) is 0 Å². The number of unbranched alkanes of at least 4 members (excludes halogenated alkanes) is 1. The Balaban J connectivity index is 1.37. The molecule has 1 aliphatic rings. The summed E-state index contributed by atoms with van der Waals surface area (Å²) in [7, 11) is 3.91. The monoisotopic (exact) mass is 633 g/mol. The summed E-state index contributed by atoms with van der Waals surface area (Å²) < 4.78 is 13.7. The van der Waals surface area contributed by atoms with Crippen molar-refractivity contribution in [2.75, 3.05) is 52.3 Å². The van der Waals surface area contributed by atoms with E-state index in [0.717, 1.165) is 23.2 Å². The van der Waals surface area contributed by atoms with Crippen molar-refractivity contribution < 1.29 is 34.7 Å². The minimum atomic E-state index is -1.26. The number of anilines is 1. The van der Waals surface area contributed by atoms with Gasteiger partial charge in [-0.1, -0.05) is 36.4 Å². The summed E-state index contributed by atoms with van der Waals surface area (Å²) in [5.74, 6) is 0.973. The molecule has 1 aliphatic heterocycles. The van der Waals surface area contributed by atoms with Crippen LogP contribution in [0.2, 0.25) is 0 Å². The smallest absolute Gasteiger partial charge is 0.251 e. The number of likely N-dealkylation sites (N-methyl/N-ethyl adjacent to an activating group) is 1. The lowest BCUT2D eigenvalue weighted by Crippen LogP contribution is -2.33. The highest BCUT2D eigenvalue weighted by Gasteiger charge is 2.44. The van der Waals surface area contributed by atoms with Gasteiger partial charge >= 0.3 is 0 Å². The van der Waals surface area contributed by atoms with E-state index < -0.39 is 31.1 Å². The van der Waals surface area contributed by atoms with Crippen LogP contribution in [0.5, 0.6) is 5.75 Å². The number of carbonyl (C=O) groups is 1. The van der Waals surface area contributed by atoms with Crippen LogP contribution in [-0.2, 0) is 11.3 Å². The Labute approximate surface area is 268 Å². The molecule has 1 fully saturated rings. The van der Waals surface area contributed by atoms with Crippen LogP contribution in [0.1, 0.15) is 35.0 Å². The highest BCUT2D eigenvalue weighted by molar-refractivity contribution is 5.94. The van der Waals surface area contributed by atoms with Crippen molar-refractivity contribution in [3.63, 3.8) is 0 Å². The van der Waals surface area contributed by atoms with Gasteiger partial charge in [-0.2, -0.15) is 0 Å². The number of hydrogen-bond acceptors (Lipinski definition) is 10. The van der Waals surface area contributed by atoms with Gasteiger partial charge in [-0.25, -0.2) is 4.98 Å². The molecule has 1 amide bonds. The molecule has 5 rings (SSSR count). The molecule has 0 saturated carbocycles. The summed E-state index contributed by atoms with van der Waals surface area (Å²) >= 11 is 0. The second kappa shape index (κ2) is 15.5. The molecule has 1 saturated heterocycles. The number of para-hydroxylation sites is 2. The highest BCUT2D eigenvalue weighted by atomic mass is 16.6. The van der Waals surface area contributed by atoms with E-state index in [1.54, 1.807) is 16.7 Å². The van der Waals surface area contributed by atoms with Crippen LogP contribution in [0.3, 0.4) is 0 Å². The number of hydrogen-bond donors (Lipinski definition) is 6. The number of ether oxygens (including phenoxy) is 2. The van der Waals surface area contributed by atoms with Gasteiger partial charge in [-0.05, 0) is 68.4 Å². The average molecular weight is 634 g/mol. The molecule has 0 bridgehead atoms. The molecule has 12 nitrogen and oxygen atoms in total. The molecule has 0 spiro atoms. The van der Waals surface area contributed by atoms with Crippen LogP contribution < -0.4 is 15.4 Å². The lowest BCUT2D eigenvalue weighted by atomic mass is 10.0. The quantitative estimate of drug-likeness (QED) is 0.107. The number of aliphatic hydroxyl groups is 4. The van der Waals surface area contributed by atoms with Gasteiger partial charge < -0.3 is 45.4 Å². The first-order valence-corrected chi connectivity index (χ1v) is 15.5. The van der Waals surface area contributed by atoms with Crippen molar-refractivity contribution in [1.82, 2.24) is 19.8 Å². The zero-order valence-electron chi connectivity index (χ0n) is 26.2. The minimum absolute atomic E-state index is 0.0920. The van der Waals surface area contributed by atoms with Crippen molar-refractivity contribution in [3.8, 4) is 16.9 Å². The summed E-state index contributed by atoms with van der Waals surface area (Å²) in [5, 5.41) is 46.3. The fourth-order valence-electron chi connectivity index (χ4n) is 5.43. The Morgan fingerprint density at radius 3 is 2.52 bits per heavy atom. The molecule has 46 heavy (non-hydrogen) atoms. The van der Waals surface area contributed by atoms with Gasteiger partial charge in [-0.3, -0.25) is 9.36 Å². The van der Waals surface area contributed by atoms with Crippen LogP contribution >= 0.6 is 0 Å². The van der Waals surface area contributed by atoms with Crippen LogP contribution in [0.4, 0.5) is 5.95 Å². The molecule has 0 unspecified atom stereocenters. The highest BCUT2D eigenvalue weighted by Crippen LogP contribution is 2.36. The van der Waals surface area contributed by atoms with Gasteiger partial charge in [0.1, 0.15) is 24.1 Å². The molecule has 3 aromatic carbocycles. The molecule has 1 aromatic heterocycles. The average Bonchev–Trinajstić information content (AvgIpc) is 3.57. The van der Waals surface area contributed by atoms with Gasteiger partial charge in [0, 0.05) is 37.4 Å². The normalized spacial score (nSPS) is 19.5. The Bertz CT molecular complexity index is 1590. The first kappa shape index (κ1) is 33.3. The SMILES string of the molecule is CN(C)CCNC(=O)c1ccc(-c2ccc(CNc3nc4ccccc4n3[C@@H]3O[C@H](CO)[C@@H](O)[C@H]3O)cc2OCCCCO)cc1. The van der Waals surface area contributed by atoms with Gasteiger partial charge in [0.05, 0.1) is 24.2 Å². The molecular formula is C34H43N5O7. The number of aliphatic hydroxyl groups excluding tert-OH is 4. The van der Waals surface area contributed by atoms with E-state index in [4.69, 9.17) is 14.5 Å². The Hall–Kier alpha value is -4.04. The number of fused-ring (bicyclic) bond motifs is 1. The number of rotatable bonds is 15. The Kier molecular flexibility index (Phi) is 11.2. The molecule has 4 atom stereocenters. The third kappa shape index (κ3) is 7.66. The predicted octanol–water partition coefficient (Wildman–Crippen LogP) is 2.37. The summed E-state index contributed by atoms with van der Waals surface area (Å²) in [6, 6.07) is 20.7. The molecular weight excluding hydrogens is 590 g/mol. The Morgan fingerprint density at radius 2 is 1.80 bits per heavy atom. The second-order valence-corrected chi connectivity index (χ2v) is 11.6. The van der Waals surface area contributed by atoms with Crippen molar-refractivity contribution >= 4 is 22.9 Å². The summed E-state index contributed by atoms with van der Waals surface area (Å²) in [6.07, 6.45) is -3.05. The third-order valence-electron chi connectivity index (χ3n) is 7.98. The lowest BCUT2D eigenvalue weighted by Gasteiger charge is -2.20. The topological polar surface area (TPSA) is 162 Å². The maximum atomic E-state index is 12.6. The van der Waals surface area contributed by atoms with Crippen molar-refractivity contribution in [2.24, 2.45) is 0 Å². The number of nitrogens with zero attached hydrogens (tertiary/aromatic N) is 3. The zero-order valence-corrected chi connectivity index (χ0v) is 26.2. The summed E-state index contributed by atoms with van der Waals surface area (Å²) in [6.45, 7) is 1.77. The van der Waals surface area contributed by atoms with E-state index in [0.29, 0.717) is 60.8 Å². The standard InChI is InChI=1S/C34H43N5O7/c1-38(2)16-15-35-32(44)24-12-10-23(11-13-24)25-14-9-22(19-28(25)45-18-6-5-17-40)20-36-34-37-26-7-3-4-8-27(26)39(34)33-31(43)30(42)29(21-41)46-33/h3-4,7-14,19,29-31,33,40-43H,5-6,15-18,20-21H2,1-2H3,(H,35,44)(H,36,37)/t29-,30-,31-,33-/m1/s1. The maximum Gasteiger partial charge on any atom is 0.251 e.